The maximum absolute atomic E-state index is 15.1. The summed E-state index contributed by atoms with van der Waals surface area (Å²) in [5.74, 6) is 0.329. The summed E-state index contributed by atoms with van der Waals surface area (Å²) in [5.41, 5.74) is 2.14. The molecule has 36 heavy (non-hydrogen) atoms. The molecule has 0 unspecified atom stereocenters. The van der Waals surface area contributed by atoms with Crippen molar-refractivity contribution in [2.24, 2.45) is 0 Å². The van der Waals surface area contributed by atoms with Crippen molar-refractivity contribution in [3.8, 4) is 28.4 Å². The van der Waals surface area contributed by atoms with Crippen LogP contribution in [0.15, 0.2) is 42.9 Å². The van der Waals surface area contributed by atoms with E-state index in [1.165, 1.54) is 51.6 Å². The molecule has 1 saturated heterocycles. The van der Waals surface area contributed by atoms with Crippen LogP contribution in [0.1, 0.15) is 18.5 Å². The van der Waals surface area contributed by atoms with Crippen LogP contribution < -0.4 is 19.5 Å². The van der Waals surface area contributed by atoms with E-state index in [4.69, 9.17) is 14.2 Å². The van der Waals surface area contributed by atoms with E-state index in [2.05, 4.69) is 30.2 Å². The Hall–Kier alpha value is -4.25. The number of benzene rings is 2. The highest BCUT2D eigenvalue weighted by Gasteiger charge is 2.20. The van der Waals surface area contributed by atoms with Crippen LogP contribution in [0.4, 0.5) is 15.1 Å². The fraction of sp³-hybridized carbons (Fsp3) is 0.280. The lowest BCUT2D eigenvalue weighted by molar-refractivity contribution is 0.215. The van der Waals surface area contributed by atoms with Gasteiger partial charge in [0.15, 0.2) is 17.3 Å². The number of ether oxygens (including phenoxy) is 3. The Balaban J connectivity index is 1.39. The summed E-state index contributed by atoms with van der Waals surface area (Å²) in [5, 5.41) is 2.60. The second-order valence-corrected chi connectivity index (χ2v) is 8.29. The van der Waals surface area contributed by atoms with Crippen molar-refractivity contribution in [1.29, 1.82) is 0 Å². The Bertz CT molecular complexity index is 1400. The molecular formula is C25H25FN6O4. The molecule has 1 aliphatic rings. The number of carbonyl (C=O) groups excluding carboxylic acids is 1. The molecule has 0 spiro atoms. The Morgan fingerprint density at radius 3 is 2.58 bits per heavy atom. The van der Waals surface area contributed by atoms with Gasteiger partial charge in [-0.1, -0.05) is 0 Å². The monoisotopic (exact) mass is 492 g/mol. The number of carbonyl (C=O) groups is 1. The normalized spacial score (nSPS) is 13.6. The maximum Gasteiger partial charge on any atom is 0.419 e. The number of aromatic nitrogens is 4. The lowest BCUT2D eigenvalue weighted by Gasteiger charge is -2.13. The number of amides is 1. The number of rotatable bonds is 7. The van der Waals surface area contributed by atoms with E-state index in [1.54, 1.807) is 18.3 Å². The maximum atomic E-state index is 15.1. The standard InChI is InChI=1S/C25H25FN6O4/c1-34-16-11-18(21(26)20(12-16)35-2)17-5-6-19(23-22(17)27-7-8-28-23)36-25(33)31-24-29-13-15(30-24)14-32-9-3-4-10-32/h5-8,11-13H,3-4,9-10,14H2,1-2H3,(H2,29,30,31,33). The van der Waals surface area contributed by atoms with Gasteiger partial charge in [-0.2, -0.15) is 0 Å². The SMILES string of the molecule is COc1cc(OC)c(F)c(-c2ccc(OC(=O)Nc3nc(CN4CCCC4)c[nH]3)c3nccnc23)c1. The molecule has 0 aliphatic carbocycles. The van der Waals surface area contributed by atoms with Crippen molar-refractivity contribution in [3.05, 3.63) is 54.4 Å². The quantitative estimate of drug-likeness (QED) is 0.391. The average molecular weight is 493 g/mol. The average Bonchev–Trinajstić information content (AvgIpc) is 3.57. The molecule has 2 N–H and O–H groups in total. The third kappa shape index (κ3) is 4.78. The highest BCUT2D eigenvalue weighted by atomic mass is 19.1. The van der Waals surface area contributed by atoms with Crippen molar-refractivity contribution >= 4 is 23.1 Å². The lowest BCUT2D eigenvalue weighted by atomic mass is 10.0. The van der Waals surface area contributed by atoms with Crippen molar-refractivity contribution in [2.45, 2.75) is 19.4 Å². The zero-order valence-electron chi connectivity index (χ0n) is 19.9. The van der Waals surface area contributed by atoms with Crippen LogP contribution in [-0.2, 0) is 6.54 Å². The van der Waals surface area contributed by atoms with Gasteiger partial charge in [0.25, 0.3) is 0 Å². The molecule has 186 valence electrons. The Morgan fingerprint density at radius 2 is 1.83 bits per heavy atom. The lowest BCUT2D eigenvalue weighted by Crippen LogP contribution is -2.19. The van der Waals surface area contributed by atoms with E-state index < -0.39 is 11.9 Å². The highest BCUT2D eigenvalue weighted by Crippen LogP contribution is 2.38. The van der Waals surface area contributed by atoms with Gasteiger partial charge in [-0.15, -0.1) is 0 Å². The first-order valence-corrected chi connectivity index (χ1v) is 11.5. The van der Waals surface area contributed by atoms with Crippen LogP contribution in [-0.4, -0.2) is 58.2 Å². The first-order chi connectivity index (χ1) is 17.6. The summed E-state index contributed by atoms with van der Waals surface area (Å²) in [6.07, 6.45) is 6.35. The van der Waals surface area contributed by atoms with Gasteiger partial charge in [-0.3, -0.25) is 15.2 Å². The van der Waals surface area contributed by atoms with E-state index in [9.17, 15) is 4.79 Å². The number of likely N-dealkylation sites (tertiary alicyclic amines) is 1. The number of H-pyrrole nitrogens is 1. The number of fused-ring (bicyclic) bond motifs is 1. The smallest absolute Gasteiger partial charge is 0.419 e. The number of methoxy groups -OCH3 is 2. The van der Waals surface area contributed by atoms with Gasteiger partial charge in [0.05, 0.1) is 19.9 Å². The number of nitrogens with one attached hydrogen (secondary N) is 2. The molecule has 0 radical (unpaired) electrons. The number of hydrogen-bond donors (Lipinski definition) is 2. The van der Waals surface area contributed by atoms with Crippen molar-refractivity contribution in [2.75, 3.05) is 32.6 Å². The van der Waals surface area contributed by atoms with Crippen LogP contribution in [0.25, 0.3) is 22.2 Å². The largest absolute Gasteiger partial charge is 0.497 e. The molecule has 1 amide bonds. The van der Waals surface area contributed by atoms with Gasteiger partial charge >= 0.3 is 6.09 Å². The van der Waals surface area contributed by atoms with Crippen molar-refractivity contribution < 1.29 is 23.4 Å². The zero-order chi connectivity index (χ0) is 25.1. The Morgan fingerprint density at radius 1 is 1.06 bits per heavy atom. The molecule has 0 atom stereocenters. The summed E-state index contributed by atoms with van der Waals surface area (Å²) in [6.45, 7) is 2.82. The van der Waals surface area contributed by atoms with Gasteiger partial charge in [-0.05, 0) is 44.1 Å². The first kappa shape index (κ1) is 23.5. The van der Waals surface area contributed by atoms with E-state index >= 15 is 4.39 Å². The van der Waals surface area contributed by atoms with E-state index in [-0.39, 0.29) is 23.0 Å². The van der Waals surface area contributed by atoms with Gasteiger partial charge in [0.2, 0.25) is 5.95 Å². The number of hydrogen-bond acceptors (Lipinski definition) is 8. The predicted molar refractivity (Wildman–Crippen MR) is 131 cm³/mol. The molecule has 3 heterocycles. The molecule has 4 aromatic rings. The Kier molecular flexibility index (Phi) is 6.63. The van der Waals surface area contributed by atoms with Gasteiger partial charge in [0.1, 0.15) is 16.8 Å². The van der Waals surface area contributed by atoms with E-state index in [0.29, 0.717) is 22.3 Å². The minimum absolute atomic E-state index is 0.0312. The topological polar surface area (TPSA) is 114 Å². The predicted octanol–water partition coefficient (Wildman–Crippen LogP) is 4.38. The van der Waals surface area contributed by atoms with Crippen LogP contribution in [0, 0.1) is 5.82 Å². The molecule has 10 nitrogen and oxygen atoms in total. The summed E-state index contributed by atoms with van der Waals surface area (Å²) in [7, 11) is 2.86. The fourth-order valence-electron chi connectivity index (χ4n) is 4.26. The molecular weight excluding hydrogens is 467 g/mol. The summed E-state index contributed by atoms with van der Waals surface area (Å²) < 4.78 is 31.1. The molecule has 0 saturated carbocycles. The minimum Gasteiger partial charge on any atom is -0.497 e. The third-order valence-electron chi connectivity index (χ3n) is 5.98. The molecule has 2 aromatic heterocycles. The van der Waals surface area contributed by atoms with Crippen LogP contribution >= 0.6 is 0 Å². The second-order valence-electron chi connectivity index (χ2n) is 8.29. The molecule has 1 fully saturated rings. The number of halogens is 1. The number of anilines is 1. The molecule has 0 bridgehead atoms. The van der Waals surface area contributed by atoms with Crippen LogP contribution in [0.3, 0.4) is 0 Å². The summed E-state index contributed by atoms with van der Waals surface area (Å²) in [4.78, 5) is 31.0. The third-order valence-corrected chi connectivity index (χ3v) is 5.98. The van der Waals surface area contributed by atoms with E-state index in [1.807, 2.05) is 0 Å². The van der Waals surface area contributed by atoms with Gasteiger partial charge < -0.3 is 19.2 Å². The minimum atomic E-state index is -0.744. The van der Waals surface area contributed by atoms with Gasteiger partial charge in [0, 0.05) is 42.3 Å². The zero-order valence-corrected chi connectivity index (χ0v) is 19.9. The highest BCUT2D eigenvalue weighted by molar-refractivity contribution is 5.97. The Labute approximate surface area is 206 Å². The fourth-order valence-corrected chi connectivity index (χ4v) is 4.26. The van der Waals surface area contributed by atoms with Crippen molar-refractivity contribution in [1.82, 2.24) is 24.8 Å². The van der Waals surface area contributed by atoms with Crippen LogP contribution in [0.5, 0.6) is 17.2 Å². The van der Waals surface area contributed by atoms with E-state index in [0.717, 1.165) is 25.3 Å². The number of nitrogens with zero attached hydrogens (tertiary/aromatic N) is 4. The molecule has 5 rings (SSSR count). The summed E-state index contributed by atoms with van der Waals surface area (Å²) in [6, 6.07) is 6.15. The molecule has 11 heteroatoms. The first-order valence-electron chi connectivity index (χ1n) is 11.5. The summed E-state index contributed by atoms with van der Waals surface area (Å²) >= 11 is 0. The van der Waals surface area contributed by atoms with Crippen molar-refractivity contribution in [3.63, 3.8) is 0 Å². The number of aromatic amines is 1. The van der Waals surface area contributed by atoms with Gasteiger partial charge in [-0.25, -0.2) is 19.2 Å². The van der Waals surface area contributed by atoms with Crippen LogP contribution in [0.2, 0.25) is 0 Å². The molecule has 1 aliphatic heterocycles. The molecule has 2 aromatic carbocycles. The second kappa shape index (κ2) is 10.2. The number of imidazole rings is 1.